The number of nitrogens with zero attached hydrogens (tertiary/aromatic N) is 1. The maximum atomic E-state index is 13.5. The van der Waals surface area contributed by atoms with Gasteiger partial charge >= 0.3 is 11.9 Å². The average molecular weight is 668 g/mol. The Morgan fingerprint density at radius 3 is 2.16 bits per heavy atom. The summed E-state index contributed by atoms with van der Waals surface area (Å²) in [5, 5.41) is 11.7. The predicted octanol–water partition coefficient (Wildman–Crippen LogP) is 4.28. The molecule has 2 aromatic carbocycles. The smallest absolute Gasteiger partial charge is 0.340 e. The van der Waals surface area contributed by atoms with Crippen molar-refractivity contribution in [2.75, 3.05) is 37.2 Å². The van der Waals surface area contributed by atoms with Crippen LogP contribution in [0.25, 0.3) is 16.2 Å². The van der Waals surface area contributed by atoms with E-state index in [2.05, 4.69) is 0 Å². The number of phenolic OH excluding ortho intramolecular Hbond substituents is 1. The van der Waals surface area contributed by atoms with E-state index in [1.807, 2.05) is 31.2 Å². The minimum absolute atomic E-state index is 0.0129. The highest BCUT2D eigenvalue weighted by molar-refractivity contribution is 7.90. The van der Waals surface area contributed by atoms with Gasteiger partial charge in [-0.15, -0.1) is 11.3 Å². The van der Waals surface area contributed by atoms with Gasteiger partial charge in [0.25, 0.3) is 0 Å². The van der Waals surface area contributed by atoms with Crippen LogP contribution in [0.3, 0.4) is 0 Å². The Labute approximate surface area is 259 Å². The Kier molecular flexibility index (Phi) is 9.90. The molecule has 1 N–H and O–H groups in total. The summed E-state index contributed by atoms with van der Waals surface area (Å²) >= 11 is 8.21. The van der Waals surface area contributed by atoms with Crippen LogP contribution in [0.1, 0.15) is 29.0 Å². The SMILES string of the molecule is CC1c2cc(O)ccc2C=C(C(=O)OCCS(C)(=O)=O)C(C(=O)OCCS(C)(=O)=O)=CN1Cc1sc2ccccc2c1Cl. The quantitative estimate of drug-likeness (QED) is 0.311. The summed E-state index contributed by atoms with van der Waals surface area (Å²) in [6, 6.07) is 11.7. The molecule has 0 saturated heterocycles. The highest BCUT2D eigenvalue weighted by Crippen LogP contribution is 2.39. The topological polar surface area (TPSA) is 144 Å². The molecule has 0 radical (unpaired) electrons. The Bertz CT molecular complexity index is 1840. The summed E-state index contributed by atoms with van der Waals surface area (Å²) in [4.78, 5) is 29.4. The number of phenols is 1. The lowest BCUT2D eigenvalue weighted by Gasteiger charge is -2.32. The van der Waals surface area contributed by atoms with E-state index in [9.17, 15) is 31.5 Å². The van der Waals surface area contributed by atoms with Crippen molar-refractivity contribution in [1.82, 2.24) is 4.90 Å². The Morgan fingerprint density at radius 2 is 1.56 bits per heavy atom. The van der Waals surface area contributed by atoms with E-state index in [4.69, 9.17) is 21.1 Å². The third kappa shape index (κ3) is 8.37. The molecule has 3 aromatic rings. The first-order valence-electron chi connectivity index (χ1n) is 13.0. The summed E-state index contributed by atoms with van der Waals surface area (Å²) < 4.78 is 58.0. The van der Waals surface area contributed by atoms with Crippen LogP contribution in [0, 0.1) is 0 Å². The molecular weight excluding hydrogens is 638 g/mol. The molecule has 10 nitrogen and oxygen atoms in total. The Hall–Kier alpha value is -3.39. The van der Waals surface area contributed by atoms with Crippen molar-refractivity contribution < 1.29 is 41.0 Å². The zero-order valence-corrected chi connectivity index (χ0v) is 26.8. The Balaban J connectivity index is 1.83. The van der Waals surface area contributed by atoms with Gasteiger partial charge < -0.3 is 19.5 Å². The van der Waals surface area contributed by atoms with E-state index in [1.54, 1.807) is 17.0 Å². The highest BCUT2D eigenvalue weighted by atomic mass is 35.5. The van der Waals surface area contributed by atoms with E-state index < -0.39 is 62.4 Å². The number of esters is 2. The van der Waals surface area contributed by atoms with Crippen LogP contribution in [0.2, 0.25) is 5.02 Å². The van der Waals surface area contributed by atoms with Crippen LogP contribution in [0.4, 0.5) is 0 Å². The monoisotopic (exact) mass is 667 g/mol. The van der Waals surface area contributed by atoms with E-state index in [0.29, 0.717) is 16.1 Å². The molecule has 0 bridgehead atoms. The fourth-order valence-corrected chi connectivity index (χ4v) is 6.66. The van der Waals surface area contributed by atoms with Crippen molar-refractivity contribution in [3.8, 4) is 5.75 Å². The summed E-state index contributed by atoms with van der Waals surface area (Å²) in [5.74, 6) is -2.83. The minimum Gasteiger partial charge on any atom is -0.508 e. The maximum Gasteiger partial charge on any atom is 0.340 e. The molecule has 1 unspecified atom stereocenters. The van der Waals surface area contributed by atoms with Gasteiger partial charge in [-0.1, -0.05) is 35.9 Å². The zero-order chi connectivity index (χ0) is 31.5. The molecular formula is C29H30ClNO9S3. The second kappa shape index (κ2) is 13.1. The number of ether oxygens (including phenoxy) is 2. The number of aromatic hydroxyl groups is 1. The lowest BCUT2D eigenvalue weighted by atomic mass is 9.93. The van der Waals surface area contributed by atoms with Gasteiger partial charge in [-0.3, -0.25) is 0 Å². The zero-order valence-electron chi connectivity index (χ0n) is 23.6. The molecule has 14 heteroatoms. The molecule has 4 rings (SSSR count). The fraction of sp³-hybridized carbons (Fsp3) is 0.310. The molecule has 1 aromatic heterocycles. The molecule has 1 aliphatic heterocycles. The van der Waals surface area contributed by atoms with Gasteiger partial charge in [-0.2, -0.15) is 0 Å². The standard InChI is InChI=1S/C29H30ClNO9S3/c1-18-22-15-20(32)9-8-19(22)14-23(28(33)39-10-12-42(2,35)36)24(29(34)40-11-13-43(3,37)38)16-31(18)17-26-27(30)21-6-4-5-7-25(21)41-26/h4-9,14-16,18,32H,10-13,17H2,1-3H3. The van der Waals surface area contributed by atoms with Crippen LogP contribution in [-0.4, -0.2) is 76.0 Å². The van der Waals surface area contributed by atoms with Gasteiger partial charge in [-0.05, 0) is 42.3 Å². The van der Waals surface area contributed by atoms with Crippen LogP contribution in [-0.2, 0) is 45.3 Å². The summed E-state index contributed by atoms with van der Waals surface area (Å²) in [7, 11) is -6.89. The summed E-state index contributed by atoms with van der Waals surface area (Å²) in [5.41, 5.74) is 0.659. The molecule has 0 spiro atoms. The minimum atomic E-state index is -3.45. The average Bonchev–Trinajstić information content (AvgIpc) is 3.22. The lowest BCUT2D eigenvalue weighted by molar-refractivity contribution is -0.142. The number of hydrogen-bond acceptors (Lipinski definition) is 11. The third-order valence-electron chi connectivity index (χ3n) is 6.64. The molecule has 0 amide bonds. The number of carbonyl (C=O) groups excluding carboxylic acids is 2. The molecule has 1 atom stereocenters. The number of halogens is 1. The normalized spacial score (nSPS) is 15.6. The van der Waals surface area contributed by atoms with E-state index in [1.165, 1.54) is 29.7 Å². The molecule has 230 valence electrons. The maximum absolute atomic E-state index is 13.5. The first-order valence-corrected chi connectivity index (χ1v) is 18.3. The summed E-state index contributed by atoms with van der Waals surface area (Å²) in [6.45, 7) is 1.15. The van der Waals surface area contributed by atoms with Crippen LogP contribution < -0.4 is 0 Å². The van der Waals surface area contributed by atoms with Crippen molar-refractivity contribution in [3.05, 3.63) is 80.8 Å². The van der Waals surface area contributed by atoms with Crippen molar-refractivity contribution >= 4 is 70.7 Å². The van der Waals surface area contributed by atoms with Crippen LogP contribution in [0.5, 0.6) is 5.75 Å². The number of carbonyl (C=O) groups is 2. The number of sulfone groups is 2. The number of hydrogen-bond donors (Lipinski definition) is 1. The number of fused-ring (bicyclic) bond motifs is 2. The first-order chi connectivity index (χ1) is 20.1. The van der Waals surface area contributed by atoms with Crippen molar-refractivity contribution in [2.24, 2.45) is 0 Å². The highest BCUT2D eigenvalue weighted by Gasteiger charge is 2.30. The molecule has 0 saturated carbocycles. The summed E-state index contributed by atoms with van der Waals surface area (Å²) in [6.07, 6.45) is 4.83. The third-order valence-corrected chi connectivity index (χ3v) is 10.2. The van der Waals surface area contributed by atoms with Gasteiger partial charge in [0, 0.05) is 33.7 Å². The van der Waals surface area contributed by atoms with Gasteiger partial charge in [0.2, 0.25) is 0 Å². The first kappa shape index (κ1) is 32.5. The van der Waals surface area contributed by atoms with Crippen molar-refractivity contribution in [1.29, 1.82) is 0 Å². The molecule has 43 heavy (non-hydrogen) atoms. The molecule has 2 heterocycles. The van der Waals surface area contributed by atoms with Gasteiger partial charge in [0.15, 0.2) is 19.7 Å². The number of thiophene rings is 1. The lowest BCUT2D eigenvalue weighted by Crippen LogP contribution is -2.28. The van der Waals surface area contributed by atoms with Gasteiger partial charge in [0.1, 0.15) is 19.0 Å². The van der Waals surface area contributed by atoms with Crippen LogP contribution in [0.15, 0.2) is 59.8 Å². The van der Waals surface area contributed by atoms with Crippen molar-refractivity contribution in [2.45, 2.75) is 19.5 Å². The van der Waals surface area contributed by atoms with E-state index >= 15 is 0 Å². The van der Waals surface area contributed by atoms with Gasteiger partial charge in [0.05, 0.1) is 40.3 Å². The molecule has 1 aliphatic rings. The van der Waals surface area contributed by atoms with E-state index in [-0.39, 0.29) is 23.4 Å². The molecule has 0 fully saturated rings. The largest absolute Gasteiger partial charge is 0.508 e. The Morgan fingerprint density at radius 1 is 0.953 bits per heavy atom. The van der Waals surface area contributed by atoms with E-state index in [0.717, 1.165) is 27.5 Å². The van der Waals surface area contributed by atoms with Crippen LogP contribution >= 0.6 is 22.9 Å². The second-order valence-electron chi connectivity index (χ2n) is 10.1. The number of rotatable bonds is 10. The van der Waals surface area contributed by atoms with Gasteiger partial charge in [-0.25, -0.2) is 26.4 Å². The fourth-order valence-electron chi connectivity index (χ4n) is 4.39. The predicted molar refractivity (Wildman–Crippen MR) is 166 cm³/mol. The molecule has 0 aliphatic carbocycles. The second-order valence-corrected chi connectivity index (χ2v) is 16.2. The van der Waals surface area contributed by atoms with Crippen molar-refractivity contribution in [3.63, 3.8) is 0 Å². The number of benzene rings is 2.